The number of carbonyl (C=O) groups is 2. The fourth-order valence-corrected chi connectivity index (χ4v) is 5.12. The minimum Gasteiger partial charge on any atom is -0.423 e. The van der Waals surface area contributed by atoms with Crippen LogP contribution in [0.3, 0.4) is 0 Å². The SMILES string of the molecule is Cc1cc(S(=O)(=O)c2ccc(OC(=O)c3ccc(Cl)cc3)c(C)c2)ccc1OC(=O)c1ccc(Cl)cc1. The predicted molar refractivity (Wildman–Crippen MR) is 141 cm³/mol. The van der Waals surface area contributed by atoms with Gasteiger partial charge in [0.2, 0.25) is 9.84 Å². The first-order chi connectivity index (χ1) is 17.5. The van der Waals surface area contributed by atoms with Crippen molar-refractivity contribution in [2.75, 3.05) is 0 Å². The molecule has 0 N–H and O–H groups in total. The summed E-state index contributed by atoms with van der Waals surface area (Å²) in [4.78, 5) is 24.9. The lowest BCUT2D eigenvalue weighted by molar-refractivity contribution is 0.0724. The van der Waals surface area contributed by atoms with E-state index in [1.54, 1.807) is 38.1 Å². The number of carbonyl (C=O) groups excluding carboxylic acids is 2. The van der Waals surface area contributed by atoms with Crippen molar-refractivity contribution in [2.45, 2.75) is 23.6 Å². The number of ether oxygens (including phenoxy) is 2. The van der Waals surface area contributed by atoms with Gasteiger partial charge < -0.3 is 9.47 Å². The number of benzene rings is 4. The van der Waals surface area contributed by atoms with Crippen LogP contribution in [-0.2, 0) is 9.84 Å². The molecule has 0 spiro atoms. The van der Waals surface area contributed by atoms with Gasteiger partial charge in [-0.15, -0.1) is 0 Å². The van der Waals surface area contributed by atoms with Crippen molar-refractivity contribution < 1.29 is 27.5 Å². The number of halogens is 2. The second kappa shape index (κ2) is 10.8. The fourth-order valence-electron chi connectivity index (χ4n) is 3.43. The molecule has 37 heavy (non-hydrogen) atoms. The van der Waals surface area contributed by atoms with Crippen LogP contribution in [0.5, 0.6) is 11.5 Å². The van der Waals surface area contributed by atoms with Crippen LogP contribution in [0.4, 0.5) is 0 Å². The first-order valence-electron chi connectivity index (χ1n) is 11.0. The zero-order valence-corrected chi connectivity index (χ0v) is 22.0. The molecule has 0 amide bonds. The summed E-state index contributed by atoms with van der Waals surface area (Å²) in [5.41, 5.74) is 1.56. The van der Waals surface area contributed by atoms with E-state index in [2.05, 4.69) is 0 Å². The molecule has 4 aromatic rings. The molecule has 0 aliphatic carbocycles. The smallest absolute Gasteiger partial charge is 0.343 e. The summed E-state index contributed by atoms with van der Waals surface area (Å²) >= 11 is 11.7. The van der Waals surface area contributed by atoms with Gasteiger partial charge in [0.15, 0.2) is 0 Å². The van der Waals surface area contributed by atoms with Gasteiger partial charge in [-0.1, -0.05) is 23.2 Å². The van der Waals surface area contributed by atoms with E-state index in [1.165, 1.54) is 60.7 Å². The molecule has 4 rings (SSSR count). The summed E-state index contributed by atoms with van der Waals surface area (Å²) in [6, 6.07) is 20.9. The quantitative estimate of drug-likeness (QED) is 0.190. The minimum atomic E-state index is -3.90. The molecule has 0 saturated carbocycles. The summed E-state index contributed by atoms with van der Waals surface area (Å²) < 4.78 is 37.4. The normalized spacial score (nSPS) is 11.1. The molecule has 0 radical (unpaired) electrons. The van der Waals surface area contributed by atoms with Gasteiger partial charge in [0.05, 0.1) is 20.9 Å². The molecular weight excluding hydrogens is 535 g/mol. The average molecular weight is 555 g/mol. The Bertz CT molecular complexity index is 1480. The van der Waals surface area contributed by atoms with Gasteiger partial charge in [-0.25, -0.2) is 18.0 Å². The third kappa shape index (κ3) is 6.02. The highest BCUT2D eigenvalue weighted by atomic mass is 35.5. The van der Waals surface area contributed by atoms with E-state index in [9.17, 15) is 18.0 Å². The van der Waals surface area contributed by atoms with Crippen LogP contribution < -0.4 is 9.47 Å². The minimum absolute atomic E-state index is 0.0293. The van der Waals surface area contributed by atoms with Crippen LogP contribution in [-0.4, -0.2) is 20.4 Å². The molecule has 0 unspecified atom stereocenters. The zero-order valence-electron chi connectivity index (χ0n) is 19.7. The summed E-state index contributed by atoms with van der Waals surface area (Å²) in [7, 11) is -3.90. The van der Waals surface area contributed by atoms with Gasteiger partial charge in [0.1, 0.15) is 11.5 Å². The van der Waals surface area contributed by atoms with E-state index >= 15 is 0 Å². The van der Waals surface area contributed by atoms with E-state index in [0.717, 1.165) is 0 Å². The highest BCUT2D eigenvalue weighted by Gasteiger charge is 2.21. The van der Waals surface area contributed by atoms with Crippen LogP contribution in [0.15, 0.2) is 94.7 Å². The lowest BCUT2D eigenvalue weighted by atomic mass is 10.2. The average Bonchev–Trinajstić information content (AvgIpc) is 2.87. The number of hydrogen-bond donors (Lipinski definition) is 0. The molecular formula is C28H20Cl2O6S. The van der Waals surface area contributed by atoms with E-state index in [1.807, 2.05) is 0 Å². The van der Waals surface area contributed by atoms with Gasteiger partial charge in [-0.2, -0.15) is 0 Å². The Balaban J connectivity index is 1.52. The molecule has 0 heterocycles. The van der Waals surface area contributed by atoms with Gasteiger partial charge in [-0.3, -0.25) is 0 Å². The first-order valence-corrected chi connectivity index (χ1v) is 13.2. The molecule has 6 nitrogen and oxygen atoms in total. The fraction of sp³-hybridized carbons (Fsp3) is 0.0714. The van der Waals surface area contributed by atoms with Crippen molar-refractivity contribution >= 4 is 45.0 Å². The molecule has 0 atom stereocenters. The molecule has 9 heteroatoms. The Labute approximate surface area is 224 Å². The third-order valence-corrected chi connectivity index (χ3v) is 7.73. The van der Waals surface area contributed by atoms with Crippen molar-refractivity contribution in [3.63, 3.8) is 0 Å². The molecule has 0 fully saturated rings. The predicted octanol–water partition coefficient (Wildman–Crippen LogP) is 6.88. The van der Waals surface area contributed by atoms with Crippen molar-refractivity contribution in [3.8, 4) is 11.5 Å². The summed E-state index contributed by atoms with van der Waals surface area (Å²) in [6.45, 7) is 3.29. The number of esters is 2. The van der Waals surface area contributed by atoms with Gasteiger partial charge in [-0.05, 0) is 110 Å². The Morgan fingerprint density at radius 3 is 1.27 bits per heavy atom. The van der Waals surface area contributed by atoms with Gasteiger partial charge >= 0.3 is 11.9 Å². The van der Waals surface area contributed by atoms with Crippen LogP contribution in [0.25, 0.3) is 0 Å². The number of aryl methyl sites for hydroxylation is 2. The standard InChI is InChI=1S/C28H20Cl2O6S/c1-17-15-23(11-13-25(17)35-27(31)19-3-7-21(29)8-4-19)37(33,34)24-12-14-26(18(2)16-24)36-28(32)20-5-9-22(30)10-6-20/h3-16H,1-2H3. The molecule has 0 aromatic heterocycles. The maximum absolute atomic E-state index is 13.3. The van der Waals surface area contributed by atoms with E-state index < -0.39 is 21.8 Å². The lowest BCUT2D eigenvalue weighted by Gasteiger charge is -2.12. The Hall–Kier alpha value is -3.65. The lowest BCUT2D eigenvalue weighted by Crippen LogP contribution is -2.10. The highest BCUT2D eigenvalue weighted by Crippen LogP contribution is 2.30. The molecule has 0 bridgehead atoms. The van der Waals surface area contributed by atoms with Crippen molar-refractivity contribution in [2.24, 2.45) is 0 Å². The Kier molecular flexibility index (Phi) is 7.68. The molecule has 0 aliphatic heterocycles. The number of rotatable bonds is 6. The van der Waals surface area contributed by atoms with Crippen molar-refractivity contribution in [1.82, 2.24) is 0 Å². The molecule has 4 aromatic carbocycles. The van der Waals surface area contributed by atoms with Crippen LogP contribution >= 0.6 is 23.2 Å². The number of sulfone groups is 1. The maximum Gasteiger partial charge on any atom is 0.343 e. The second-order valence-electron chi connectivity index (χ2n) is 8.15. The zero-order chi connectivity index (χ0) is 26.7. The topological polar surface area (TPSA) is 86.7 Å². The highest BCUT2D eigenvalue weighted by molar-refractivity contribution is 7.91. The maximum atomic E-state index is 13.3. The monoisotopic (exact) mass is 554 g/mol. The molecule has 0 saturated heterocycles. The second-order valence-corrected chi connectivity index (χ2v) is 11.0. The summed E-state index contributed by atoms with van der Waals surface area (Å²) in [5.74, 6) is -0.705. The molecule has 188 valence electrons. The van der Waals surface area contributed by atoms with Crippen LogP contribution in [0, 0.1) is 13.8 Å². The van der Waals surface area contributed by atoms with Gasteiger partial charge in [0, 0.05) is 10.0 Å². The largest absolute Gasteiger partial charge is 0.423 e. The van der Waals surface area contributed by atoms with Crippen molar-refractivity contribution in [1.29, 1.82) is 0 Å². The first kappa shape index (κ1) is 26.4. The Morgan fingerprint density at radius 2 is 0.946 bits per heavy atom. The molecule has 0 aliphatic rings. The Morgan fingerprint density at radius 1 is 0.595 bits per heavy atom. The van der Waals surface area contributed by atoms with E-state index in [-0.39, 0.29) is 21.3 Å². The third-order valence-electron chi connectivity index (χ3n) is 5.48. The number of hydrogen-bond acceptors (Lipinski definition) is 6. The van der Waals surface area contributed by atoms with Crippen LogP contribution in [0.2, 0.25) is 10.0 Å². The summed E-state index contributed by atoms with van der Waals surface area (Å²) in [5, 5.41) is 0.982. The van der Waals surface area contributed by atoms with Crippen molar-refractivity contribution in [3.05, 3.63) is 117 Å². The van der Waals surface area contributed by atoms with E-state index in [4.69, 9.17) is 32.7 Å². The van der Waals surface area contributed by atoms with Gasteiger partial charge in [0.25, 0.3) is 0 Å². The van der Waals surface area contributed by atoms with E-state index in [0.29, 0.717) is 32.3 Å². The van der Waals surface area contributed by atoms with Crippen LogP contribution in [0.1, 0.15) is 31.8 Å². The summed E-state index contributed by atoms with van der Waals surface area (Å²) in [6.07, 6.45) is 0.